The van der Waals surface area contributed by atoms with Gasteiger partial charge in [0.05, 0.1) is 12.2 Å². The number of aryl methyl sites for hydroxylation is 1. The van der Waals surface area contributed by atoms with Crippen LogP contribution in [0.1, 0.15) is 22.9 Å². The molecule has 0 aliphatic rings. The highest BCUT2D eigenvalue weighted by Gasteiger charge is 2.15. The Kier molecular flexibility index (Phi) is 3.74. The van der Waals surface area contributed by atoms with E-state index in [-0.39, 0.29) is 5.91 Å². The second-order valence-electron chi connectivity index (χ2n) is 4.19. The Hall–Kier alpha value is -2.14. The summed E-state index contributed by atoms with van der Waals surface area (Å²) in [6.45, 7) is 2.39. The molecule has 0 saturated carbocycles. The molecule has 2 aromatic rings. The number of hydrogen-bond acceptors (Lipinski definition) is 3. The minimum atomic E-state index is -0.645. The van der Waals surface area contributed by atoms with Crippen molar-refractivity contribution < 1.29 is 4.79 Å². The van der Waals surface area contributed by atoms with Crippen LogP contribution in [0, 0.1) is 6.92 Å². The zero-order valence-electron chi connectivity index (χ0n) is 10.2. The quantitative estimate of drug-likeness (QED) is 0.751. The Bertz CT molecular complexity index is 504. The fourth-order valence-corrected chi connectivity index (χ4v) is 1.60. The lowest BCUT2D eigenvalue weighted by atomic mass is 10.1. The van der Waals surface area contributed by atoms with Crippen LogP contribution < -0.4 is 11.1 Å². The van der Waals surface area contributed by atoms with E-state index < -0.39 is 6.04 Å². The van der Waals surface area contributed by atoms with E-state index in [1.807, 2.05) is 31.2 Å². The normalized spacial score (nSPS) is 12.1. The topological polar surface area (TPSA) is 83.8 Å². The van der Waals surface area contributed by atoms with Gasteiger partial charge in [-0.3, -0.25) is 9.89 Å². The van der Waals surface area contributed by atoms with Crippen LogP contribution in [0.4, 0.5) is 0 Å². The summed E-state index contributed by atoms with van der Waals surface area (Å²) in [5.74, 6) is -0.201. The van der Waals surface area contributed by atoms with E-state index in [9.17, 15) is 4.79 Å². The van der Waals surface area contributed by atoms with Crippen LogP contribution in [-0.2, 0) is 11.3 Å². The molecule has 5 nitrogen and oxygen atoms in total. The van der Waals surface area contributed by atoms with Crippen molar-refractivity contribution in [2.24, 2.45) is 5.73 Å². The first-order valence-corrected chi connectivity index (χ1v) is 5.75. The average Bonchev–Trinajstić information content (AvgIpc) is 2.89. The summed E-state index contributed by atoms with van der Waals surface area (Å²) in [5, 5.41) is 9.34. The number of rotatable bonds is 4. The van der Waals surface area contributed by atoms with E-state index in [4.69, 9.17) is 5.73 Å². The van der Waals surface area contributed by atoms with Gasteiger partial charge in [0.1, 0.15) is 6.04 Å². The lowest BCUT2D eigenvalue weighted by molar-refractivity contribution is -0.122. The number of carbonyl (C=O) groups excluding carboxylic acids is 1. The number of amides is 1. The third kappa shape index (κ3) is 2.95. The minimum Gasteiger partial charge on any atom is -0.349 e. The molecular weight excluding hydrogens is 228 g/mol. The van der Waals surface area contributed by atoms with Gasteiger partial charge in [-0.2, -0.15) is 5.10 Å². The van der Waals surface area contributed by atoms with Crippen LogP contribution in [0.2, 0.25) is 0 Å². The third-order valence-electron chi connectivity index (χ3n) is 2.73. The zero-order chi connectivity index (χ0) is 13.0. The van der Waals surface area contributed by atoms with Gasteiger partial charge in [-0.05, 0) is 18.6 Å². The van der Waals surface area contributed by atoms with Crippen LogP contribution in [-0.4, -0.2) is 16.1 Å². The molecule has 0 saturated heterocycles. The molecule has 0 bridgehead atoms. The van der Waals surface area contributed by atoms with Gasteiger partial charge in [0.2, 0.25) is 5.91 Å². The number of hydrogen-bond donors (Lipinski definition) is 3. The molecule has 5 heteroatoms. The van der Waals surface area contributed by atoms with E-state index in [0.29, 0.717) is 6.54 Å². The summed E-state index contributed by atoms with van der Waals surface area (Å²) in [6, 6.07) is 8.78. The molecule has 0 aliphatic heterocycles. The average molecular weight is 244 g/mol. The predicted molar refractivity (Wildman–Crippen MR) is 68.5 cm³/mol. The molecule has 0 radical (unpaired) electrons. The second-order valence-corrected chi connectivity index (χ2v) is 4.19. The van der Waals surface area contributed by atoms with Gasteiger partial charge in [-0.1, -0.05) is 29.8 Å². The smallest absolute Gasteiger partial charge is 0.241 e. The molecule has 18 heavy (non-hydrogen) atoms. The predicted octanol–water partition coefficient (Wildman–Crippen LogP) is 1.03. The van der Waals surface area contributed by atoms with Crippen molar-refractivity contribution in [1.82, 2.24) is 15.5 Å². The van der Waals surface area contributed by atoms with Crippen molar-refractivity contribution in [2.45, 2.75) is 19.5 Å². The van der Waals surface area contributed by atoms with Crippen LogP contribution in [0.15, 0.2) is 36.5 Å². The Labute approximate surface area is 105 Å². The summed E-state index contributed by atoms with van der Waals surface area (Å²) < 4.78 is 0. The lowest BCUT2D eigenvalue weighted by Crippen LogP contribution is -2.33. The molecule has 1 heterocycles. The first kappa shape index (κ1) is 12.3. The van der Waals surface area contributed by atoms with Gasteiger partial charge < -0.3 is 11.1 Å². The molecule has 1 unspecified atom stereocenters. The van der Waals surface area contributed by atoms with E-state index in [1.165, 1.54) is 0 Å². The van der Waals surface area contributed by atoms with Gasteiger partial charge in [0.25, 0.3) is 0 Å². The molecular formula is C13H16N4O. The Morgan fingerprint density at radius 2 is 2.11 bits per heavy atom. The fraction of sp³-hybridized carbons (Fsp3) is 0.231. The molecule has 0 fully saturated rings. The number of carbonyl (C=O) groups is 1. The van der Waals surface area contributed by atoms with E-state index >= 15 is 0 Å². The van der Waals surface area contributed by atoms with Gasteiger partial charge in [0, 0.05) is 6.20 Å². The molecule has 0 spiro atoms. The maximum absolute atomic E-state index is 11.9. The highest BCUT2D eigenvalue weighted by molar-refractivity contribution is 5.82. The van der Waals surface area contributed by atoms with Crippen molar-refractivity contribution in [3.63, 3.8) is 0 Å². The summed E-state index contributed by atoms with van der Waals surface area (Å²) in [6.07, 6.45) is 1.64. The van der Waals surface area contributed by atoms with Crippen molar-refractivity contribution in [3.05, 3.63) is 53.3 Å². The Morgan fingerprint density at radius 3 is 2.72 bits per heavy atom. The number of aromatic nitrogens is 2. The molecule has 1 atom stereocenters. The Balaban J connectivity index is 1.94. The number of H-pyrrole nitrogens is 1. The molecule has 94 valence electrons. The standard InChI is InChI=1S/C13H16N4O/c1-9-2-4-10(5-3-9)12(14)13(18)15-8-11-6-7-16-17-11/h2-7,12H,8,14H2,1H3,(H,15,18)(H,16,17). The van der Waals surface area contributed by atoms with Crippen LogP contribution in [0.25, 0.3) is 0 Å². The van der Waals surface area contributed by atoms with Gasteiger partial charge in [0.15, 0.2) is 0 Å². The van der Waals surface area contributed by atoms with Crippen molar-refractivity contribution in [2.75, 3.05) is 0 Å². The summed E-state index contributed by atoms with van der Waals surface area (Å²) in [4.78, 5) is 11.9. The first-order chi connectivity index (χ1) is 8.66. The number of nitrogens with one attached hydrogen (secondary N) is 2. The lowest BCUT2D eigenvalue weighted by Gasteiger charge is -2.12. The number of benzene rings is 1. The van der Waals surface area contributed by atoms with Crippen molar-refractivity contribution in [3.8, 4) is 0 Å². The van der Waals surface area contributed by atoms with Crippen molar-refractivity contribution >= 4 is 5.91 Å². The zero-order valence-corrected chi connectivity index (χ0v) is 10.2. The maximum Gasteiger partial charge on any atom is 0.241 e. The SMILES string of the molecule is Cc1ccc(C(N)C(=O)NCc2ccn[nH]2)cc1. The largest absolute Gasteiger partial charge is 0.349 e. The fourth-order valence-electron chi connectivity index (χ4n) is 1.60. The number of aromatic amines is 1. The van der Waals surface area contributed by atoms with Crippen LogP contribution in [0.3, 0.4) is 0 Å². The second kappa shape index (κ2) is 5.46. The highest BCUT2D eigenvalue weighted by atomic mass is 16.2. The molecule has 2 rings (SSSR count). The summed E-state index contributed by atoms with van der Waals surface area (Å²) in [5.41, 5.74) is 8.69. The monoisotopic (exact) mass is 244 g/mol. The molecule has 0 aliphatic carbocycles. The molecule has 1 amide bonds. The Morgan fingerprint density at radius 1 is 1.39 bits per heavy atom. The maximum atomic E-state index is 11.9. The minimum absolute atomic E-state index is 0.201. The van der Waals surface area contributed by atoms with Crippen LogP contribution >= 0.6 is 0 Å². The number of nitrogens with two attached hydrogens (primary N) is 1. The highest BCUT2D eigenvalue weighted by Crippen LogP contribution is 2.11. The van der Waals surface area contributed by atoms with Gasteiger partial charge in [-0.15, -0.1) is 0 Å². The van der Waals surface area contributed by atoms with E-state index in [1.54, 1.807) is 12.3 Å². The van der Waals surface area contributed by atoms with Gasteiger partial charge in [-0.25, -0.2) is 0 Å². The molecule has 1 aromatic carbocycles. The number of nitrogens with zero attached hydrogens (tertiary/aromatic N) is 1. The van der Waals surface area contributed by atoms with Crippen molar-refractivity contribution in [1.29, 1.82) is 0 Å². The summed E-state index contributed by atoms with van der Waals surface area (Å²) in [7, 11) is 0. The third-order valence-corrected chi connectivity index (χ3v) is 2.73. The summed E-state index contributed by atoms with van der Waals surface area (Å²) >= 11 is 0. The van der Waals surface area contributed by atoms with E-state index in [2.05, 4.69) is 15.5 Å². The molecule has 1 aromatic heterocycles. The van der Waals surface area contributed by atoms with Gasteiger partial charge >= 0.3 is 0 Å². The first-order valence-electron chi connectivity index (χ1n) is 5.75. The van der Waals surface area contributed by atoms with Crippen LogP contribution in [0.5, 0.6) is 0 Å². The molecule has 4 N–H and O–H groups in total. The van der Waals surface area contributed by atoms with E-state index in [0.717, 1.165) is 16.8 Å².